The van der Waals surface area contributed by atoms with Crippen LogP contribution in [0.4, 0.5) is 0 Å². The molecule has 8 aliphatic rings. The molecule has 8 rings (SSSR count). The fourth-order valence-corrected chi connectivity index (χ4v) is 13.6. The molecule has 21 heteroatoms. The minimum absolute atomic E-state index is 0.0665. The minimum atomic E-state index is -1.82. The molecule has 4 aliphatic heterocycles. The molecule has 0 radical (unpaired) electrons. The number of methoxy groups -OCH3 is 1. The Labute approximate surface area is 388 Å². The van der Waals surface area contributed by atoms with Gasteiger partial charge in [0.15, 0.2) is 25.0 Å². The number of ether oxygens (including phenoxy) is 10. The van der Waals surface area contributed by atoms with Crippen LogP contribution in [0.2, 0.25) is 0 Å². The molecule has 0 aromatic heterocycles. The smallest absolute Gasteiger partial charge is 0.331 e. The molecule has 0 aromatic rings. The number of aliphatic hydroxyl groups is 8. The quantitative estimate of drug-likeness (QED) is 0.0652. The summed E-state index contributed by atoms with van der Waals surface area (Å²) in [5.74, 6) is -1.54. The zero-order chi connectivity index (χ0) is 48.5. The van der Waals surface area contributed by atoms with Gasteiger partial charge in [0.2, 0.25) is 0 Å². The third-order valence-electron chi connectivity index (χ3n) is 17.1. The van der Waals surface area contributed by atoms with Crippen LogP contribution in [-0.2, 0) is 61.8 Å². The Morgan fingerprint density at radius 3 is 2.07 bits per heavy atom. The number of aliphatic hydroxyl groups excluding tert-OH is 7. The normalized spacial score (nSPS) is 50.9. The molecular weight excluding hydrogens is 888 g/mol. The predicted molar refractivity (Wildman–Crippen MR) is 223 cm³/mol. The van der Waals surface area contributed by atoms with Crippen molar-refractivity contribution in [2.75, 3.05) is 26.9 Å². The first-order valence-corrected chi connectivity index (χ1v) is 23.7. The van der Waals surface area contributed by atoms with Crippen LogP contribution >= 0.6 is 0 Å². The zero-order valence-corrected chi connectivity index (χ0v) is 38.9. The highest BCUT2D eigenvalue weighted by Gasteiger charge is 2.71. The number of hydrogen-bond donors (Lipinski definition) is 8. The van der Waals surface area contributed by atoms with E-state index in [-0.39, 0.29) is 48.2 Å². The van der Waals surface area contributed by atoms with Gasteiger partial charge in [0.1, 0.15) is 73.8 Å². The molecule has 7 fully saturated rings. The van der Waals surface area contributed by atoms with Gasteiger partial charge in [-0.05, 0) is 80.6 Å². The Bertz CT molecular complexity index is 1830. The maximum atomic E-state index is 12.9. The Kier molecular flexibility index (Phi) is 14.9. The molecule has 4 saturated carbocycles. The second kappa shape index (κ2) is 19.6. The second-order valence-electron chi connectivity index (χ2n) is 20.7. The average molecular weight is 959 g/mol. The van der Waals surface area contributed by atoms with Crippen molar-refractivity contribution in [2.24, 2.45) is 34.5 Å². The largest absolute Gasteiger partial charge is 0.462 e. The van der Waals surface area contributed by atoms with E-state index in [0.717, 1.165) is 31.3 Å². The molecule has 4 heterocycles. The van der Waals surface area contributed by atoms with E-state index >= 15 is 0 Å². The summed E-state index contributed by atoms with van der Waals surface area (Å²) >= 11 is 0. The SMILES string of the molecule is CO[C@@H]1[C@@H](O[C@@H]2O[C@H](CO[C@@H]3O[C@H](CO)[C@@H](O)[C@H](O)[C@H]3O)[C@@H](O)[C@H](O)[C@H]2O)[C@H](C)O[C@@H](O[C@H]2CC[C@@]3(C)[C@H](CC[C@@H]4[C@@H]3CC[C@]3(C)[C@@H](C5=CC(=O)OC5)[C@@H](OC(C)=O)C[C@]43O)C2)[C@@H]1OC(C)=O. The van der Waals surface area contributed by atoms with E-state index in [9.17, 15) is 55.2 Å². The first-order valence-electron chi connectivity index (χ1n) is 23.7. The van der Waals surface area contributed by atoms with Crippen LogP contribution in [-0.4, -0.2) is 196 Å². The molecule has 21 nitrogen and oxygen atoms in total. The van der Waals surface area contributed by atoms with Gasteiger partial charge in [0.25, 0.3) is 0 Å². The van der Waals surface area contributed by atoms with E-state index in [1.807, 2.05) is 0 Å². The Morgan fingerprint density at radius 1 is 0.761 bits per heavy atom. The first kappa shape index (κ1) is 50.9. The van der Waals surface area contributed by atoms with Crippen LogP contribution in [0.3, 0.4) is 0 Å². The molecule has 380 valence electrons. The molecule has 0 bridgehead atoms. The highest BCUT2D eigenvalue weighted by atomic mass is 16.8. The summed E-state index contributed by atoms with van der Waals surface area (Å²) in [6, 6.07) is 0. The third-order valence-corrected chi connectivity index (χ3v) is 17.1. The van der Waals surface area contributed by atoms with Crippen molar-refractivity contribution < 1.29 is 103 Å². The number of carbonyl (C=O) groups is 3. The van der Waals surface area contributed by atoms with Crippen molar-refractivity contribution in [2.45, 2.75) is 196 Å². The fourth-order valence-electron chi connectivity index (χ4n) is 13.6. The molecular formula is C46H70O21. The summed E-state index contributed by atoms with van der Waals surface area (Å²) in [5.41, 5.74) is -1.18. The lowest BCUT2D eigenvalue weighted by molar-refractivity contribution is -0.367. The predicted octanol–water partition coefficient (Wildman–Crippen LogP) is -1.13. The van der Waals surface area contributed by atoms with Crippen LogP contribution in [0.25, 0.3) is 0 Å². The van der Waals surface area contributed by atoms with Gasteiger partial charge in [0.05, 0.1) is 31.0 Å². The lowest BCUT2D eigenvalue weighted by atomic mass is 9.43. The first-order chi connectivity index (χ1) is 31.6. The molecule has 3 saturated heterocycles. The van der Waals surface area contributed by atoms with Gasteiger partial charge in [-0.2, -0.15) is 0 Å². The standard InChI is InChI=1S/C46H70O21/c1-19-38(67-42-37(56)35(54)33(52)29(66-42)18-60-41-36(55)34(53)32(51)28(16-47)65-41)39(58-6)40(63-21(3)49)43(61-19)64-24-9-11-44(4)23(14-24)7-8-26-25(44)10-12-45(5)31(22-13-30(50)59-17-22)27(62-20(2)48)15-46(26,45)57/h13,19,23-29,31-43,47,51-57H,7-12,14-18H2,1-6H3/t19-,23+,24-,25-,26+,27-,28+,29+,31-,32+,33+,34-,35-,36+,37+,38-,39+,40+,41+,42-,43-,44-,45+,46-/m0/s1. The lowest BCUT2D eigenvalue weighted by Gasteiger charge is -2.63. The number of fused-ring (bicyclic) bond motifs is 5. The number of esters is 3. The molecule has 24 atom stereocenters. The van der Waals surface area contributed by atoms with Crippen molar-refractivity contribution in [3.8, 4) is 0 Å². The van der Waals surface area contributed by atoms with E-state index in [1.165, 1.54) is 27.0 Å². The fraction of sp³-hybridized carbons (Fsp3) is 0.891. The van der Waals surface area contributed by atoms with E-state index in [2.05, 4.69) is 13.8 Å². The molecule has 0 unspecified atom stereocenters. The van der Waals surface area contributed by atoms with Crippen LogP contribution in [0.15, 0.2) is 11.6 Å². The number of hydrogen-bond acceptors (Lipinski definition) is 21. The van der Waals surface area contributed by atoms with Gasteiger partial charge >= 0.3 is 17.9 Å². The number of carbonyl (C=O) groups excluding carboxylic acids is 3. The van der Waals surface area contributed by atoms with Crippen molar-refractivity contribution >= 4 is 17.9 Å². The van der Waals surface area contributed by atoms with E-state index < -0.39 is 140 Å². The van der Waals surface area contributed by atoms with Crippen LogP contribution < -0.4 is 0 Å². The number of cyclic esters (lactones) is 1. The van der Waals surface area contributed by atoms with Crippen molar-refractivity contribution in [3.05, 3.63) is 11.6 Å². The number of rotatable bonds is 12. The van der Waals surface area contributed by atoms with Gasteiger partial charge in [-0.15, -0.1) is 0 Å². The Balaban J connectivity index is 0.929. The van der Waals surface area contributed by atoms with Gasteiger partial charge in [0, 0.05) is 44.8 Å². The molecule has 0 amide bonds. The van der Waals surface area contributed by atoms with E-state index in [1.54, 1.807) is 6.92 Å². The van der Waals surface area contributed by atoms with Crippen LogP contribution in [0.1, 0.15) is 86.0 Å². The summed E-state index contributed by atoms with van der Waals surface area (Å²) < 4.78 is 59.1. The van der Waals surface area contributed by atoms with Crippen molar-refractivity contribution in [3.63, 3.8) is 0 Å². The zero-order valence-electron chi connectivity index (χ0n) is 38.9. The van der Waals surface area contributed by atoms with Gasteiger partial charge in [-0.25, -0.2) is 4.79 Å². The van der Waals surface area contributed by atoms with Crippen molar-refractivity contribution in [1.82, 2.24) is 0 Å². The monoisotopic (exact) mass is 958 g/mol. The maximum Gasteiger partial charge on any atom is 0.331 e. The molecule has 0 spiro atoms. The van der Waals surface area contributed by atoms with E-state index in [4.69, 9.17) is 47.4 Å². The van der Waals surface area contributed by atoms with E-state index in [0.29, 0.717) is 19.3 Å². The summed E-state index contributed by atoms with van der Waals surface area (Å²) in [5, 5.41) is 86.0. The molecule has 0 aromatic carbocycles. The minimum Gasteiger partial charge on any atom is -0.462 e. The summed E-state index contributed by atoms with van der Waals surface area (Å²) in [7, 11) is 1.38. The van der Waals surface area contributed by atoms with Gasteiger partial charge in [-0.1, -0.05) is 13.8 Å². The topological polar surface area (TPSA) is 305 Å². The molecule has 67 heavy (non-hydrogen) atoms. The molecule has 4 aliphatic carbocycles. The summed E-state index contributed by atoms with van der Waals surface area (Å²) in [6.45, 7) is 7.51. The summed E-state index contributed by atoms with van der Waals surface area (Å²) in [4.78, 5) is 37.2. The Morgan fingerprint density at radius 2 is 1.43 bits per heavy atom. The maximum absolute atomic E-state index is 12.9. The molecule has 8 N–H and O–H groups in total. The van der Waals surface area contributed by atoms with Gasteiger partial charge < -0.3 is 88.2 Å². The second-order valence-corrected chi connectivity index (χ2v) is 20.7. The summed E-state index contributed by atoms with van der Waals surface area (Å²) in [6.07, 6.45) is -15.5. The van der Waals surface area contributed by atoms with Gasteiger partial charge in [-0.3, -0.25) is 9.59 Å². The van der Waals surface area contributed by atoms with Crippen LogP contribution in [0.5, 0.6) is 0 Å². The Hall–Kier alpha value is -2.45. The highest BCUT2D eigenvalue weighted by molar-refractivity contribution is 5.85. The average Bonchev–Trinajstić information content (AvgIpc) is 3.80. The third kappa shape index (κ3) is 9.11. The lowest BCUT2D eigenvalue weighted by Crippen LogP contribution is -2.65. The van der Waals surface area contributed by atoms with Crippen molar-refractivity contribution in [1.29, 1.82) is 0 Å². The highest BCUT2D eigenvalue weighted by Crippen LogP contribution is 2.70. The van der Waals surface area contributed by atoms with Crippen LogP contribution in [0, 0.1) is 34.5 Å².